The minimum absolute atomic E-state index is 0.0657. The van der Waals surface area contributed by atoms with Gasteiger partial charge in [-0.25, -0.2) is 0 Å². The van der Waals surface area contributed by atoms with Gasteiger partial charge in [0.1, 0.15) is 11.6 Å². The number of hydrogen-bond donors (Lipinski definition) is 1. The van der Waals surface area contributed by atoms with E-state index in [1.54, 1.807) is 9.80 Å². The maximum atomic E-state index is 14.1. The summed E-state index contributed by atoms with van der Waals surface area (Å²) in [6, 6.07) is -0.631. The quantitative estimate of drug-likeness (QED) is 0.593. The molecule has 0 bridgehead atoms. The van der Waals surface area contributed by atoms with Crippen molar-refractivity contribution < 1.29 is 24.2 Å². The molecule has 186 valence electrons. The molecule has 3 fully saturated rings. The lowest BCUT2D eigenvalue weighted by molar-refractivity contribution is -0.150. The lowest BCUT2D eigenvalue weighted by Gasteiger charge is -2.39. The minimum Gasteiger partial charge on any atom is -0.396 e. The predicted molar refractivity (Wildman–Crippen MR) is 126 cm³/mol. The standard InChI is InChI=1S/C26H37N3O5/c1-2-13-27-14-6-11-19-20(23(27)31)21-24(32)29(16-8-17-30)22-25(33)28(18-9-4-3-5-10-18)15-7-12-26(21,22)34-19/h6-7,11-12,18-22,30H,2-5,8-10,13-17H2,1H3/t19-,20+,21-,22?,26-/m0/s1. The summed E-state index contributed by atoms with van der Waals surface area (Å²) in [6.45, 7) is 3.89. The Labute approximate surface area is 201 Å². The number of aliphatic hydroxyl groups is 1. The Morgan fingerprint density at radius 3 is 2.56 bits per heavy atom. The van der Waals surface area contributed by atoms with Crippen LogP contribution in [0.4, 0.5) is 0 Å². The maximum absolute atomic E-state index is 14.1. The molecule has 5 atom stereocenters. The van der Waals surface area contributed by atoms with E-state index in [1.165, 1.54) is 6.42 Å². The van der Waals surface area contributed by atoms with E-state index in [0.29, 0.717) is 26.1 Å². The molecule has 0 aromatic carbocycles. The zero-order valence-electron chi connectivity index (χ0n) is 20.1. The molecule has 5 aliphatic rings. The third kappa shape index (κ3) is 3.61. The van der Waals surface area contributed by atoms with E-state index in [2.05, 4.69) is 0 Å². The molecule has 1 saturated carbocycles. The second-order valence-electron chi connectivity index (χ2n) is 10.3. The van der Waals surface area contributed by atoms with E-state index in [0.717, 1.165) is 32.1 Å². The summed E-state index contributed by atoms with van der Waals surface area (Å²) in [7, 11) is 0. The number of hydrogen-bond acceptors (Lipinski definition) is 5. The van der Waals surface area contributed by atoms with Gasteiger partial charge in [-0.1, -0.05) is 50.5 Å². The van der Waals surface area contributed by atoms with Gasteiger partial charge < -0.3 is 24.5 Å². The molecule has 1 spiro atoms. The van der Waals surface area contributed by atoms with Gasteiger partial charge >= 0.3 is 0 Å². The molecule has 0 radical (unpaired) electrons. The summed E-state index contributed by atoms with van der Waals surface area (Å²) < 4.78 is 6.63. The van der Waals surface area contributed by atoms with E-state index in [-0.39, 0.29) is 36.9 Å². The molecule has 0 aromatic rings. The Morgan fingerprint density at radius 1 is 1.03 bits per heavy atom. The number of fused-ring (bicyclic) bond motifs is 2. The van der Waals surface area contributed by atoms with E-state index in [1.807, 2.05) is 36.1 Å². The number of nitrogens with zero attached hydrogens (tertiary/aromatic N) is 3. The Morgan fingerprint density at radius 2 is 1.82 bits per heavy atom. The van der Waals surface area contributed by atoms with Gasteiger partial charge in [0.2, 0.25) is 17.7 Å². The highest BCUT2D eigenvalue weighted by Crippen LogP contribution is 2.53. The molecule has 3 amide bonds. The van der Waals surface area contributed by atoms with Gasteiger partial charge in [0.25, 0.3) is 0 Å². The van der Waals surface area contributed by atoms with Crippen molar-refractivity contribution in [2.75, 3.05) is 32.8 Å². The van der Waals surface area contributed by atoms with Gasteiger partial charge in [0.05, 0.1) is 17.9 Å². The fourth-order valence-corrected chi connectivity index (χ4v) is 6.88. The highest BCUT2D eigenvalue weighted by molar-refractivity contribution is 5.99. The first-order chi connectivity index (χ1) is 16.5. The van der Waals surface area contributed by atoms with Crippen molar-refractivity contribution in [2.24, 2.45) is 11.8 Å². The average molecular weight is 472 g/mol. The van der Waals surface area contributed by atoms with Crippen LogP contribution in [0.15, 0.2) is 24.3 Å². The average Bonchev–Trinajstić information content (AvgIpc) is 3.15. The first kappa shape index (κ1) is 23.5. The summed E-state index contributed by atoms with van der Waals surface area (Å²) in [4.78, 5) is 47.1. The number of aliphatic hydroxyl groups excluding tert-OH is 1. The number of amides is 3. The Hall–Kier alpha value is -2.19. The van der Waals surface area contributed by atoms with Crippen LogP contribution in [0.3, 0.4) is 0 Å². The highest BCUT2D eigenvalue weighted by Gasteiger charge is 2.71. The fraction of sp³-hybridized carbons (Fsp3) is 0.731. The first-order valence-electron chi connectivity index (χ1n) is 13.1. The molecule has 1 unspecified atom stereocenters. The van der Waals surface area contributed by atoms with Crippen molar-refractivity contribution in [3.8, 4) is 0 Å². The van der Waals surface area contributed by atoms with Gasteiger partial charge in [0, 0.05) is 38.8 Å². The van der Waals surface area contributed by atoms with Crippen LogP contribution in [0.1, 0.15) is 51.9 Å². The van der Waals surface area contributed by atoms with Crippen molar-refractivity contribution in [3.63, 3.8) is 0 Å². The van der Waals surface area contributed by atoms with Gasteiger partial charge in [0.15, 0.2) is 0 Å². The largest absolute Gasteiger partial charge is 0.396 e. The third-order valence-electron chi connectivity index (χ3n) is 8.34. The van der Waals surface area contributed by atoms with Crippen molar-refractivity contribution in [1.82, 2.24) is 14.7 Å². The maximum Gasteiger partial charge on any atom is 0.249 e. The van der Waals surface area contributed by atoms with E-state index >= 15 is 0 Å². The first-order valence-corrected chi connectivity index (χ1v) is 13.1. The summed E-state index contributed by atoms with van der Waals surface area (Å²) >= 11 is 0. The summed E-state index contributed by atoms with van der Waals surface area (Å²) in [5.41, 5.74) is -1.16. The van der Waals surface area contributed by atoms with E-state index in [4.69, 9.17) is 4.74 Å². The smallest absolute Gasteiger partial charge is 0.249 e. The lowest BCUT2D eigenvalue weighted by Crippen LogP contribution is -2.57. The highest BCUT2D eigenvalue weighted by atomic mass is 16.5. The van der Waals surface area contributed by atoms with Gasteiger partial charge in [-0.05, 0) is 25.7 Å². The van der Waals surface area contributed by atoms with Gasteiger partial charge in [-0.3, -0.25) is 14.4 Å². The summed E-state index contributed by atoms with van der Waals surface area (Å²) in [5, 5.41) is 9.50. The van der Waals surface area contributed by atoms with Crippen LogP contribution in [0.5, 0.6) is 0 Å². The van der Waals surface area contributed by atoms with Gasteiger partial charge in [-0.15, -0.1) is 0 Å². The second kappa shape index (κ2) is 9.46. The summed E-state index contributed by atoms with van der Waals surface area (Å²) in [5.74, 6) is -1.72. The van der Waals surface area contributed by atoms with Crippen LogP contribution in [0.2, 0.25) is 0 Å². The SMILES string of the molecule is CCCN1CC=C[C@@H]2O[C@]34C=CCN(C5CCCCC5)C(=O)C3N(CCCO)C(=O)[C@@H]4[C@@H]2C1=O. The fourth-order valence-electron chi connectivity index (χ4n) is 6.88. The molecule has 1 N–H and O–H groups in total. The molecule has 34 heavy (non-hydrogen) atoms. The number of ether oxygens (including phenoxy) is 1. The third-order valence-corrected chi connectivity index (χ3v) is 8.34. The monoisotopic (exact) mass is 471 g/mol. The van der Waals surface area contributed by atoms with Crippen LogP contribution in [-0.4, -0.2) is 94.1 Å². The Balaban J connectivity index is 1.55. The molecule has 8 nitrogen and oxygen atoms in total. The van der Waals surface area contributed by atoms with Crippen molar-refractivity contribution >= 4 is 17.7 Å². The number of likely N-dealkylation sites (tertiary alicyclic amines) is 1. The molecule has 4 aliphatic heterocycles. The molecule has 0 aromatic heterocycles. The molecule has 8 heteroatoms. The minimum atomic E-state index is -1.16. The molecular weight excluding hydrogens is 434 g/mol. The van der Waals surface area contributed by atoms with E-state index < -0.39 is 29.6 Å². The summed E-state index contributed by atoms with van der Waals surface area (Å²) in [6.07, 6.45) is 13.8. The molecule has 5 rings (SSSR count). The number of carbonyl (C=O) groups excluding carboxylic acids is 3. The molecule has 2 saturated heterocycles. The number of rotatable bonds is 6. The van der Waals surface area contributed by atoms with Crippen LogP contribution in [0.25, 0.3) is 0 Å². The number of carbonyl (C=O) groups is 3. The molecule has 4 heterocycles. The second-order valence-corrected chi connectivity index (χ2v) is 10.3. The zero-order valence-corrected chi connectivity index (χ0v) is 20.1. The van der Waals surface area contributed by atoms with Crippen LogP contribution < -0.4 is 0 Å². The lowest BCUT2D eigenvalue weighted by atomic mass is 9.77. The van der Waals surface area contributed by atoms with Crippen LogP contribution in [0, 0.1) is 11.8 Å². The van der Waals surface area contributed by atoms with Crippen LogP contribution >= 0.6 is 0 Å². The van der Waals surface area contributed by atoms with Crippen molar-refractivity contribution in [1.29, 1.82) is 0 Å². The van der Waals surface area contributed by atoms with Crippen molar-refractivity contribution in [3.05, 3.63) is 24.3 Å². The molecular formula is C26H37N3O5. The topological polar surface area (TPSA) is 90.4 Å². The zero-order chi connectivity index (χ0) is 23.9. The van der Waals surface area contributed by atoms with Gasteiger partial charge in [-0.2, -0.15) is 0 Å². The van der Waals surface area contributed by atoms with Crippen LogP contribution in [-0.2, 0) is 19.1 Å². The van der Waals surface area contributed by atoms with Crippen molar-refractivity contribution in [2.45, 2.75) is 75.7 Å². The normalized spacial score (nSPS) is 35.9. The molecule has 1 aliphatic carbocycles. The Bertz CT molecular complexity index is 882. The van der Waals surface area contributed by atoms with E-state index in [9.17, 15) is 19.5 Å². The predicted octanol–water partition coefficient (Wildman–Crippen LogP) is 1.49. The Kier molecular flexibility index (Phi) is 6.55.